The summed E-state index contributed by atoms with van der Waals surface area (Å²) in [6.07, 6.45) is 0.927. The van der Waals surface area contributed by atoms with Crippen molar-refractivity contribution in [3.8, 4) is 0 Å². The van der Waals surface area contributed by atoms with Gasteiger partial charge in [0, 0.05) is 0 Å². The Kier molecular flexibility index (Phi) is 2.60. The van der Waals surface area contributed by atoms with Crippen molar-refractivity contribution in [3.05, 3.63) is 0 Å². The van der Waals surface area contributed by atoms with Crippen LogP contribution in [0.25, 0.3) is 0 Å². The molecule has 0 aromatic carbocycles. The first kappa shape index (κ1) is 8.38. The van der Waals surface area contributed by atoms with E-state index in [4.69, 9.17) is 5.73 Å². The van der Waals surface area contributed by atoms with Crippen molar-refractivity contribution in [1.29, 1.82) is 0 Å². The molecule has 0 bridgehead atoms. The predicted octanol–water partition coefficient (Wildman–Crippen LogP) is -1.65. The zero-order valence-electron chi connectivity index (χ0n) is 4.84. The van der Waals surface area contributed by atoms with Gasteiger partial charge in [-0.05, 0) is 0 Å². The van der Waals surface area contributed by atoms with Crippen molar-refractivity contribution < 1.29 is 13.2 Å². The summed E-state index contributed by atoms with van der Waals surface area (Å²) in [6.45, 7) is -0.446. The van der Waals surface area contributed by atoms with E-state index < -0.39 is 22.5 Å². The maximum absolute atomic E-state index is 10.2. The molecule has 1 radical (unpaired) electrons. The Hall–Kier alpha value is -0.620. The molecule has 0 saturated heterocycles. The summed E-state index contributed by atoms with van der Waals surface area (Å²) >= 11 is 0. The zero-order valence-corrected chi connectivity index (χ0v) is 5.66. The van der Waals surface area contributed by atoms with Gasteiger partial charge < -0.3 is 0 Å². The largest absolute Gasteiger partial charge is 0.272 e. The van der Waals surface area contributed by atoms with Crippen LogP contribution < -0.4 is 10.5 Å². The van der Waals surface area contributed by atoms with Gasteiger partial charge in [-0.2, -0.15) is 0 Å². The summed E-state index contributed by atoms with van der Waals surface area (Å²) < 4.78 is 22.2. The molecular weight excluding hydrogens is 144 g/mol. The van der Waals surface area contributed by atoms with E-state index in [1.54, 1.807) is 0 Å². The van der Waals surface area contributed by atoms with Gasteiger partial charge in [0.05, 0.1) is 12.8 Å². The van der Waals surface area contributed by atoms with Crippen molar-refractivity contribution in [2.75, 3.05) is 12.8 Å². The highest BCUT2D eigenvalue weighted by atomic mass is 32.2. The molecule has 0 aliphatic heterocycles. The van der Waals surface area contributed by atoms with Gasteiger partial charge in [0.1, 0.15) is 0 Å². The molecule has 0 atom stereocenters. The molecule has 0 aliphatic rings. The van der Waals surface area contributed by atoms with Crippen molar-refractivity contribution in [1.82, 2.24) is 10.5 Å². The minimum absolute atomic E-state index is 0.446. The minimum atomic E-state index is -3.31. The molecule has 0 saturated carbocycles. The number of carbonyl (C=O) groups excluding carboxylic acids is 1. The summed E-state index contributed by atoms with van der Waals surface area (Å²) in [6, 6.07) is 0. The minimum Gasteiger partial charge on any atom is -0.272 e. The van der Waals surface area contributed by atoms with Gasteiger partial charge in [0.25, 0.3) is 5.91 Å². The van der Waals surface area contributed by atoms with Crippen molar-refractivity contribution in [3.63, 3.8) is 0 Å². The predicted molar refractivity (Wildman–Crippen MR) is 31.0 cm³/mol. The number of hydrogen-bond donors (Lipinski definition) is 1. The van der Waals surface area contributed by atoms with E-state index in [9.17, 15) is 13.2 Å². The van der Waals surface area contributed by atoms with Gasteiger partial charge in [-0.15, -0.1) is 0 Å². The van der Waals surface area contributed by atoms with Gasteiger partial charge in [-0.25, -0.2) is 13.1 Å². The van der Waals surface area contributed by atoms with Crippen LogP contribution in [0.2, 0.25) is 0 Å². The molecule has 5 nitrogen and oxygen atoms in total. The van der Waals surface area contributed by atoms with Crippen molar-refractivity contribution in [2.45, 2.75) is 0 Å². The highest BCUT2D eigenvalue weighted by Gasteiger charge is 2.01. The molecule has 0 aromatic heterocycles. The zero-order chi connectivity index (χ0) is 7.49. The number of carbonyl (C=O) groups is 1. The Labute approximate surface area is 53.3 Å². The van der Waals surface area contributed by atoms with Gasteiger partial charge in [-0.3, -0.25) is 10.5 Å². The highest BCUT2D eigenvalue weighted by molar-refractivity contribution is 7.88. The van der Waals surface area contributed by atoms with Crippen LogP contribution in [0.4, 0.5) is 0 Å². The molecule has 53 valence electrons. The van der Waals surface area contributed by atoms with Crippen LogP contribution in [-0.2, 0) is 14.8 Å². The summed E-state index contributed by atoms with van der Waals surface area (Å²) in [5, 5.41) is 0. The van der Waals surface area contributed by atoms with Crippen LogP contribution in [0.5, 0.6) is 0 Å². The van der Waals surface area contributed by atoms with E-state index in [-0.39, 0.29) is 0 Å². The number of rotatable bonds is 3. The Morgan fingerprint density at radius 2 is 2.11 bits per heavy atom. The van der Waals surface area contributed by atoms with E-state index in [0.29, 0.717) is 0 Å². The lowest BCUT2D eigenvalue weighted by Crippen LogP contribution is -2.28. The maximum atomic E-state index is 10.2. The molecule has 9 heavy (non-hydrogen) atoms. The van der Waals surface area contributed by atoms with E-state index in [1.807, 2.05) is 4.72 Å². The van der Waals surface area contributed by atoms with Crippen molar-refractivity contribution in [2.24, 2.45) is 0 Å². The van der Waals surface area contributed by atoms with Crippen LogP contribution in [0.15, 0.2) is 0 Å². The molecular formula is C3H7N2O3S. The SMILES string of the molecule is CS(=O)(=O)NCC([NH])=O. The second-order valence-electron chi connectivity index (χ2n) is 1.52. The molecule has 0 spiro atoms. The number of amides is 1. The lowest BCUT2D eigenvalue weighted by molar-refractivity contribution is -0.117. The first-order valence-corrected chi connectivity index (χ1v) is 4.00. The fourth-order valence-corrected chi connectivity index (χ4v) is 0.590. The van der Waals surface area contributed by atoms with Crippen molar-refractivity contribution >= 4 is 15.9 Å². The summed E-state index contributed by atoms with van der Waals surface area (Å²) in [4.78, 5) is 9.83. The molecule has 2 N–H and O–H groups in total. The van der Waals surface area contributed by atoms with Crippen LogP contribution in [-0.4, -0.2) is 27.1 Å². The van der Waals surface area contributed by atoms with E-state index >= 15 is 0 Å². The Morgan fingerprint density at radius 3 is 2.22 bits per heavy atom. The third kappa shape index (κ3) is 7.38. The lowest BCUT2D eigenvalue weighted by Gasteiger charge is -1.94. The second-order valence-corrected chi connectivity index (χ2v) is 3.35. The normalized spacial score (nSPS) is 11.2. The van der Waals surface area contributed by atoms with Crippen LogP contribution in [0, 0.1) is 0 Å². The summed E-state index contributed by atoms with van der Waals surface area (Å²) in [5.41, 5.74) is 6.29. The highest BCUT2D eigenvalue weighted by Crippen LogP contribution is 1.70. The topological polar surface area (TPSA) is 87.0 Å². The third-order valence-electron chi connectivity index (χ3n) is 0.495. The van der Waals surface area contributed by atoms with Gasteiger partial charge >= 0.3 is 0 Å². The molecule has 0 heterocycles. The molecule has 0 aliphatic carbocycles. The molecule has 0 unspecified atom stereocenters. The maximum Gasteiger partial charge on any atom is 0.253 e. The first-order valence-electron chi connectivity index (χ1n) is 2.11. The molecule has 0 fully saturated rings. The average molecular weight is 151 g/mol. The first-order chi connectivity index (χ1) is 3.92. The lowest BCUT2D eigenvalue weighted by atomic mass is 10.7. The fourth-order valence-electron chi connectivity index (χ4n) is 0.197. The monoisotopic (exact) mass is 151 g/mol. The van der Waals surface area contributed by atoms with E-state index in [2.05, 4.69) is 0 Å². The number of sulfonamides is 1. The van der Waals surface area contributed by atoms with E-state index in [0.717, 1.165) is 6.26 Å². The van der Waals surface area contributed by atoms with Gasteiger partial charge in [0.2, 0.25) is 10.0 Å². The van der Waals surface area contributed by atoms with E-state index in [1.165, 1.54) is 0 Å². The molecule has 0 aromatic rings. The second kappa shape index (κ2) is 2.79. The Morgan fingerprint density at radius 1 is 1.67 bits per heavy atom. The smallest absolute Gasteiger partial charge is 0.253 e. The van der Waals surface area contributed by atoms with Crippen LogP contribution in [0.3, 0.4) is 0 Å². The van der Waals surface area contributed by atoms with Gasteiger partial charge in [-0.1, -0.05) is 0 Å². The molecule has 6 heteroatoms. The number of hydrogen-bond acceptors (Lipinski definition) is 3. The van der Waals surface area contributed by atoms with Crippen LogP contribution in [0.1, 0.15) is 0 Å². The number of nitrogens with one attached hydrogen (secondary N) is 2. The Bertz CT molecular complexity index is 195. The van der Waals surface area contributed by atoms with Crippen LogP contribution >= 0.6 is 0 Å². The quantitative estimate of drug-likeness (QED) is 0.524. The third-order valence-corrected chi connectivity index (χ3v) is 1.16. The summed E-state index contributed by atoms with van der Waals surface area (Å²) in [7, 11) is -3.31. The average Bonchev–Trinajstić information content (AvgIpc) is 1.59. The fraction of sp³-hybridized carbons (Fsp3) is 0.667. The Balaban J connectivity index is 3.67. The van der Waals surface area contributed by atoms with Gasteiger partial charge in [0.15, 0.2) is 0 Å². The molecule has 1 amide bonds. The summed E-state index contributed by atoms with van der Waals surface area (Å²) in [5.74, 6) is -0.944. The molecule has 0 rings (SSSR count). The standard InChI is InChI=1S/C3H7N2O3S/c1-9(7,8)5-2-3(4)6/h4-5H,2H2,1H3.